The second kappa shape index (κ2) is 12.5. The van der Waals surface area contributed by atoms with Gasteiger partial charge < -0.3 is 14.4 Å². The molecule has 3 aromatic rings. The van der Waals surface area contributed by atoms with Crippen molar-refractivity contribution in [3.8, 4) is 0 Å². The molecule has 0 aliphatic rings. The van der Waals surface area contributed by atoms with Crippen LogP contribution in [-0.2, 0) is 4.43 Å². The van der Waals surface area contributed by atoms with Crippen molar-refractivity contribution in [2.45, 2.75) is 71.1 Å². The van der Waals surface area contributed by atoms with Crippen LogP contribution in [0.2, 0.25) is 10.2 Å². The summed E-state index contributed by atoms with van der Waals surface area (Å²) in [6.07, 6.45) is 0.388. The number of carbonyl (C=O) groups excluding carboxylic acids is 1. The summed E-state index contributed by atoms with van der Waals surface area (Å²) in [4.78, 5) is 31.1. The standard InChI is InChI=1S/C31H39ClN2O4Si/c1-30(2,3)34(29(36)37)20-19-24(21-27(35)23-17-18-28(32)33-22-23)38-39(31(4,5)6,25-13-9-7-10-14-25)26-15-11-8-12-16-26/h7-18,22,24H,19-21H2,1-6H3,(H,36,37). The minimum Gasteiger partial charge on any atom is -0.465 e. The van der Waals surface area contributed by atoms with Crippen molar-refractivity contribution < 1.29 is 19.1 Å². The van der Waals surface area contributed by atoms with Crippen LogP contribution in [0, 0.1) is 0 Å². The number of benzene rings is 2. The molecule has 1 atom stereocenters. The first-order chi connectivity index (χ1) is 18.3. The van der Waals surface area contributed by atoms with Gasteiger partial charge in [0.25, 0.3) is 8.32 Å². The summed E-state index contributed by atoms with van der Waals surface area (Å²) in [5.74, 6) is -0.125. The molecule has 0 radical (unpaired) electrons. The van der Waals surface area contributed by atoms with Crippen molar-refractivity contribution in [1.29, 1.82) is 0 Å². The van der Waals surface area contributed by atoms with Crippen molar-refractivity contribution >= 4 is 42.2 Å². The Labute approximate surface area is 238 Å². The van der Waals surface area contributed by atoms with E-state index in [1.165, 1.54) is 11.1 Å². The number of halogens is 1. The Hall–Kier alpha value is -3.00. The summed E-state index contributed by atoms with van der Waals surface area (Å²) in [6, 6.07) is 23.7. The van der Waals surface area contributed by atoms with E-state index in [-0.39, 0.29) is 23.8 Å². The molecule has 39 heavy (non-hydrogen) atoms. The minimum atomic E-state index is -2.99. The van der Waals surface area contributed by atoms with Crippen LogP contribution in [0.4, 0.5) is 4.79 Å². The van der Waals surface area contributed by atoms with Gasteiger partial charge >= 0.3 is 6.09 Å². The molecule has 8 heteroatoms. The normalized spacial score (nSPS) is 13.1. The summed E-state index contributed by atoms with van der Waals surface area (Å²) in [5.41, 5.74) is -0.154. The van der Waals surface area contributed by atoms with Gasteiger partial charge in [-0.25, -0.2) is 9.78 Å². The summed E-state index contributed by atoms with van der Waals surface area (Å²) < 4.78 is 7.29. The van der Waals surface area contributed by atoms with Crippen LogP contribution in [0.1, 0.15) is 64.7 Å². The lowest BCUT2D eigenvalue weighted by molar-refractivity contribution is 0.0765. The highest BCUT2D eigenvalue weighted by molar-refractivity contribution is 6.99. The maximum atomic E-state index is 13.5. The van der Waals surface area contributed by atoms with E-state index < -0.39 is 26.1 Å². The quantitative estimate of drug-likeness (QED) is 0.174. The number of amides is 1. The number of ketones is 1. The Morgan fingerprint density at radius 1 is 0.923 bits per heavy atom. The van der Waals surface area contributed by atoms with E-state index >= 15 is 0 Å². The number of hydrogen-bond acceptors (Lipinski definition) is 4. The third-order valence-electron chi connectivity index (χ3n) is 6.94. The Kier molecular flexibility index (Phi) is 9.75. The summed E-state index contributed by atoms with van der Waals surface area (Å²) in [6.45, 7) is 12.4. The fourth-order valence-corrected chi connectivity index (χ4v) is 9.83. The van der Waals surface area contributed by atoms with E-state index in [9.17, 15) is 14.7 Å². The molecule has 1 aromatic heterocycles. The molecular weight excluding hydrogens is 528 g/mol. The van der Waals surface area contributed by atoms with Crippen LogP contribution in [-0.4, -0.2) is 53.4 Å². The number of nitrogens with zero attached hydrogens (tertiary/aromatic N) is 2. The van der Waals surface area contributed by atoms with Gasteiger partial charge in [0.15, 0.2) is 5.78 Å². The van der Waals surface area contributed by atoms with Crippen LogP contribution in [0.15, 0.2) is 79.0 Å². The van der Waals surface area contributed by atoms with Gasteiger partial charge in [-0.1, -0.05) is 93.0 Å². The lowest BCUT2D eigenvalue weighted by atomic mass is 10.0. The fraction of sp³-hybridized carbons (Fsp3) is 0.387. The number of rotatable bonds is 10. The molecule has 0 fully saturated rings. The van der Waals surface area contributed by atoms with Crippen molar-refractivity contribution in [2.75, 3.05) is 6.54 Å². The first-order valence-electron chi connectivity index (χ1n) is 13.2. The Balaban J connectivity index is 2.10. The van der Waals surface area contributed by atoms with Gasteiger partial charge in [0.2, 0.25) is 0 Å². The van der Waals surface area contributed by atoms with Gasteiger partial charge in [-0.2, -0.15) is 0 Å². The number of hydrogen-bond donors (Lipinski definition) is 1. The third kappa shape index (κ3) is 7.35. The molecule has 0 saturated heterocycles. The predicted molar refractivity (Wildman–Crippen MR) is 160 cm³/mol. The number of aromatic nitrogens is 1. The van der Waals surface area contributed by atoms with E-state index in [4.69, 9.17) is 16.0 Å². The fourth-order valence-electron chi connectivity index (χ4n) is 5.00. The average molecular weight is 567 g/mol. The average Bonchev–Trinajstić information content (AvgIpc) is 2.86. The maximum absolute atomic E-state index is 13.5. The van der Waals surface area contributed by atoms with Gasteiger partial charge in [-0.15, -0.1) is 0 Å². The minimum absolute atomic E-state index is 0.0887. The molecule has 2 aromatic carbocycles. The van der Waals surface area contributed by atoms with E-state index in [0.29, 0.717) is 17.1 Å². The highest BCUT2D eigenvalue weighted by atomic mass is 35.5. The summed E-state index contributed by atoms with van der Waals surface area (Å²) in [5, 5.41) is 12.1. The number of pyridine rings is 1. The summed E-state index contributed by atoms with van der Waals surface area (Å²) in [7, 11) is -2.99. The largest absolute Gasteiger partial charge is 0.465 e. The topological polar surface area (TPSA) is 79.7 Å². The molecule has 1 heterocycles. The molecule has 208 valence electrons. The smallest absolute Gasteiger partial charge is 0.407 e. The first kappa shape index (κ1) is 30.5. The lowest BCUT2D eigenvalue weighted by Gasteiger charge is -2.45. The zero-order chi connectivity index (χ0) is 28.8. The Morgan fingerprint density at radius 2 is 1.46 bits per heavy atom. The second-order valence-corrected chi connectivity index (χ2v) is 16.4. The molecular formula is C31H39ClN2O4Si. The molecule has 0 aliphatic carbocycles. The number of Topliss-reactive ketones (excluding diaryl/α,β-unsaturated/α-hetero) is 1. The Bertz CT molecular complexity index is 1200. The van der Waals surface area contributed by atoms with E-state index in [1.807, 2.05) is 57.2 Å². The van der Waals surface area contributed by atoms with E-state index in [1.54, 1.807) is 12.1 Å². The van der Waals surface area contributed by atoms with Crippen molar-refractivity contribution in [3.05, 3.63) is 89.7 Å². The van der Waals surface area contributed by atoms with Crippen LogP contribution >= 0.6 is 11.6 Å². The SMILES string of the molecule is CC(C)(C)N(CCC(CC(=O)c1ccc(Cl)nc1)O[Si](c1ccccc1)(c1ccccc1)C(C)(C)C)C(=O)O. The molecule has 3 rings (SSSR count). The van der Waals surface area contributed by atoms with Gasteiger partial charge in [0.1, 0.15) is 5.15 Å². The maximum Gasteiger partial charge on any atom is 0.407 e. The lowest BCUT2D eigenvalue weighted by Crippen LogP contribution is -2.68. The van der Waals surface area contributed by atoms with Crippen LogP contribution in [0.3, 0.4) is 0 Å². The van der Waals surface area contributed by atoms with Crippen LogP contribution in [0.25, 0.3) is 0 Å². The summed E-state index contributed by atoms with van der Waals surface area (Å²) >= 11 is 5.95. The highest BCUT2D eigenvalue weighted by Gasteiger charge is 2.51. The zero-order valence-corrected chi connectivity index (χ0v) is 25.4. The molecule has 1 amide bonds. The molecule has 0 aliphatic heterocycles. The van der Waals surface area contributed by atoms with E-state index in [2.05, 4.69) is 50.0 Å². The molecule has 0 saturated carbocycles. The number of carboxylic acid groups (broad SMARTS) is 1. The van der Waals surface area contributed by atoms with Crippen LogP contribution < -0.4 is 10.4 Å². The van der Waals surface area contributed by atoms with Gasteiger partial charge in [-0.05, 0) is 54.7 Å². The molecule has 6 nitrogen and oxygen atoms in total. The van der Waals surface area contributed by atoms with Crippen molar-refractivity contribution in [3.63, 3.8) is 0 Å². The first-order valence-corrected chi connectivity index (χ1v) is 15.5. The number of carbonyl (C=O) groups is 2. The molecule has 0 bridgehead atoms. The van der Waals surface area contributed by atoms with Crippen LogP contribution in [0.5, 0.6) is 0 Å². The van der Waals surface area contributed by atoms with Gasteiger partial charge in [0.05, 0.1) is 6.10 Å². The molecule has 1 unspecified atom stereocenters. The molecule has 0 spiro atoms. The predicted octanol–water partition coefficient (Wildman–Crippen LogP) is 6.42. The van der Waals surface area contributed by atoms with Crippen molar-refractivity contribution in [2.24, 2.45) is 0 Å². The monoisotopic (exact) mass is 566 g/mol. The second-order valence-electron chi connectivity index (χ2n) is 11.8. The Morgan fingerprint density at radius 3 is 1.87 bits per heavy atom. The van der Waals surface area contributed by atoms with Gasteiger partial charge in [0, 0.05) is 30.3 Å². The van der Waals surface area contributed by atoms with Crippen molar-refractivity contribution in [1.82, 2.24) is 9.88 Å². The third-order valence-corrected chi connectivity index (χ3v) is 12.3. The molecule has 1 N–H and O–H groups in total. The highest BCUT2D eigenvalue weighted by Crippen LogP contribution is 2.38. The van der Waals surface area contributed by atoms with Gasteiger partial charge in [-0.3, -0.25) is 4.79 Å². The zero-order valence-electron chi connectivity index (χ0n) is 23.6. The van der Waals surface area contributed by atoms with E-state index in [0.717, 1.165) is 10.4 Å².